The van der Waals surface area contributed by atoms with Crippen LogP contribution in [0.3, 0.4) is 0 Å². The first-order valence-electron chi connectivity index (χ1n) is 6.32. The van der Waals surface area contributed by atoms with Gasteiger partial charge in [0, 0.05) is 32.3 Å². The molecule has 2 aliphatic rings. The highest BCUT2D eigenvalue weighted by Crippen LogP contribution is 2.23. The number of nitrogens with two attached hydrogens (primary N) is 1. The Hall–Kier alpha value is -0.160. The van der Waals surface area contributed by atoms with Gasteiger partial charge in [0.15, 0.2) is 0 Å². The Bertz CT molecular complexity index is 225. The maximum atomic E-state index is 6.17. The molecule has 0 amide bonds. The lowest BCUT2D eigenvalue weighted by Crippen LogP contribution is -2.58. The van der Waals surface area contributed by atoms with Gasteiger partial charge in [-0.05, 0) is 25.3 Å². The van der Waals surface area contributed by atoms with E-state index in [1.165, 1.54) is 6.42 Å². The minimum atomic E-state index is 0.264. The Morgan fingerprint density at radius 1 is 1.38 bits per heavy atom. The van der Waals surface area contributed by atoms with Crippen LogP contribution in [0.2, 0.25) is 0 Å². The molecule has 2 N–H and O–H groups in total. The molecule has 2 heterocycles. The third-order valence-electron chi connectivity index (χ3n) is 4.07. The van der Waals surface area contributed by atoms with E-state index < -0.39 is 0 Å². The minimum Gasteiger partial charge on any atom is -0.380 e. The Balaban J connectivity index is 1.93. The van der Waals surface area contributed by atoms with Crippen LogP contribution < -0.4 is 5.73 Å². The van der Waals surface area contributed by atoms with Crippen molar-refractivity contribution in [3.8, 4) is 0 Å². The molecule has 2 rings (SSSR count). The van der Waals surface area contributed by atoms with Crippen LogP contribution in [0, 0.1) is 5.92 Å². The summed E-state index contributed by atoms with van der Waals surface area (Å²) in [4.78, 5) is 2.46. The first-order valence-corrected chi connectivity index (χ1v) is 6.32. The normalized spacial score (nSPS) is 42.2. The third-order valence-corrected chi connectivity index (χ3v) is 4.07. The second-order valence-electron chi connectivity index (χ2n) is 5.13. The van der Waals surface area contributed by atoms with Gasteiger partial charge in [-0.15, -0.1) is 0 Å². The number of hydrogen-bond donors (Lipinski definition) is 1. The van der Waals surface area contributed by atoms with Gasteiger partial charge in [-0.3, -0.25) is 4.90 Å². The molecular weight excluding hydrogens is 204 g/mol. The zero-order valence-corrected chi connectivity index (χ0v) is 10.4. The quantitative estimate of drug-likeness (QED) is 0.746. The minimum absolute atomic E-state index is 0.264. The molecule has 2 saturated heterocycles. The van der Waals surface area contributed by atoms with E-state index in [4.69, 9.17) is 15.2 Å². The Labute approximate surface area is 98.1 Å². The number of rotatable bonds is 2. The third kappa shape index (κ3) is 2.56. The largest absolute Gasteiger partial charge is 0.380 e. The SMILES string of the molecule is COC1CN(C2COCCC2N)CCC1C. The van der Waals surface area contributed by atoms with E-state index in [2.05, 4.69) is 11.8 Å². The molecule has 4 nitrogen and oxygen atoms in total. The molecule has 16 heavy (non-hydrogen) atoms. The summed E-state index contributed by atoms with van der Waals surface area (Å²) in [5, 5.41) is 0. The van der Waals surface area contributed by atoms with Crippen LogP contribution in [0.1, 0.15) is 19.8 Å². The van der Waals surface area contributed by atoms with Gasteiger partial charge in [0.05, 0.1) is 12.7 Å². The van der Waals surface area contributed by atoms with Crippen LogP contribution in [0.5, 0.6) is 0 Å². The van der Waals surface area contributed by atoms with E-state index in [1.54, 1.807) is 0 Å². The molecule has 0 radical (unpaired) electrons. The van der Waals surface area contributed by atoms with Crippen LogP contribution in [-0.2, 0) is 9.47 Å². The summed E-state index contributed by atoms with van der Waals surface area (Å²) in [6, 6.07) is 0.651. The molecule has 0 saturated carbocycles. The Morgan fingerprint density at radius 2 is 2.19 bits per heavy atom. The van der Waals surface area contributed by atoms with Gasteiger partial charge in [-0.25, -0.2) is 0 Å². The summed E-state index contributed by atoms with van der Waals surface area (Å²) in [6.45, 7) is 5.99. The predicted molar refractivity (Wildman–Crippen MR) is 63.4 cm³/mol. The van der Waals surface area contributed by atoms with Crippen molar-refractivity contribution in [2.24, 2.45) is 11.7 Å². The summed E-state index contributed by atoms with van der Waals surface area (Å²) in [7, 11) is 1.81. The molecule has 0 aliphatic carbocycles. The predicted octanol–water partition coefficient (Wildman–Crippen LogP) is 0.459. The number of likely N-dealkylation sites (tertiary alicyclic amines) is 1. The van der Waals surface area contributed by atoms with Gasteiger partial charge in [0.25, 0.3) is 0 Å². The monoisotopic (exact) mass is 228 g/mol. The van der Waals surface area contributed by atoms with Crippen LogP contribution in [-0.4, -0.2) is 56.5 Å². The number of hydrogen-bond acceptors (Lipinski definition) is 4. The number of nitrogens with zero attached hydrogens (tertiary/aromatic N) is 1. The fraction of sp³-hybridized carbons (Fsp3) is 1.00. The van der Waals surface area contributed by atoms with E-state index >= 15 is 0 Å². The van der Waals surface area contributed by atoms with Gasteiger partial charge < -0.3 is 15.2 Å². The lowest BCUT2D eigenvalue weighted by Gasteiger charge is -2.44. The molecule has 0 spiro atoms. The second kappa shape index (κ2) is 5.45. The van der Waals surface area contributed by atoms with E-state index in [9.17, 15) is 0 Å². The van der Waals surface area contributed by atoms with Gasteiger partial charge in [0.2, 0.25) is 0 Å². The van der Waals surface area contributed by atoms with Gasteiger partial charge in [-0.2, -0.15) is 0 Å². The fourth-order valence-corrected chi connectivity index (χ4v) is 2.78. The van der Waals surface area contributed by atoms with Gasteiger partial charge >= 0.3 is 0 Å². The van der Waals surface area contributed by atoms with Crippen molar-refractivity contribution in [3.05, 3.63) is 0 Å². The molecule has 2 aliphatic heterocycles. The van der Waals surface area contributed by atoms with Gasteiger partial charge in [0.1, 0.15) is 0 Å². The molecule has 4 atom stereocenters. The average molecular weight is 228 g/mol. The van der Waals surface area contributed by atoms with Gasteiger partial charge in [-0.1, -0.05) is 6.92 Å². The van der Waals surface area contributed by atoms with Crippen molar-refractivity contribution in [3.63, 3.8) is 0 Å². The zero-order chi connectivity index (χ0) is 11.5. The standard InChI is InChI=1S/C12H24N2O2/c1-9-3-5-14(7-12(9)15-2)11-8-16-6-4-10(11)13/h9-12H,3-8,13H2,1-2H3. The number of piperidine rings is 1. The van der Waals surface area contributed by atoms with Crippen LogP contribution in [0.4, 0.5) is 0 Å². The van der Waals surface area contributed by atoms with Crippen LogP contribution in [0.15, 0.2) is 0 Å². The maximum Gasteiger partial charge on any atom is 0.0724 e. The highest BCUT2D eigenvalue weighted by atomic mass is 16.5. The molecule has 4 heteroatoms. The topological polar surface area (TPSA) is 47.7 Å². The summed E-state index contributed by atoms with van der Waals surface area (Å²) < 4.78 is 11.1. The molecule has 0 aromatic carbocycles. The fourth-order valence-electron chi connectivity index (χ4n) is 2.78. The molecule has 0 aromatic heterocycles. The van der Waals surface area contributed by atoms with Crippen molar-refractivity contribution in [1.82, 2.24) is 4.90 Å². The maximum absolute atomic E-state index is 6.17. The summed E-state index contributed by atoms with van der Waals surface area (Å²) in [5.74, 6) is 0.655. The van der Waals surface area contributed by atoms with E-state index in [0.717, 1.165) is 32.7 Å². The molecule has 94 valence electrons. The van der Waals surface area contributed by atoms with Crippen molar-refractivity contribution < 1.29 is 9.47 Å². The summed E-state index contributed by atoms with van der Waals surface area (Å²) in [5.41, 5.74) is 6.17. The van der Waals surface area contributed by atoms with Crippen molar-refractivity contribution >= 4 is 0 Å². The van der Waals surface area contributed by atoms with E-state index in [1.807, 2.05) is 7.11 Å². The number of ether oxygens (including phenoxy) is 2. The van der Waals surface area contributed by atoms with E-state index in [0.29, 0.717) is 18.1 Å². The second-order valence-corrected chi connectivity index (χ2v) is 5.13. The van der Waals surface area contributed by atoms with Crippen molar-refractivity contribution in [2.75, 3.05) is 33.4 Å². The first kappa shape index (κ1) is 12.3. The average Bonchev–Trinajstić information content (AvgIpc) is 2.31. The smallest absolute Gasteiger partial charge is 0.0724 e. The zero-order valence-electron chi connectivity index (χ0n) is 10.4. The van der Waals surface area contributed by atoms with E-state index in [-0.39, 0.29) is 6.04 Å². The first-order chi connectivity index (χ1) is 7.72. The summed E-state index contributed by atoms with van der Waals surface area (Å²) >= 11 is 0. The van der Waals surface area contributed by atoms with Crippen molar-refractivity contribution in [1.29, 1.82) is 0 Å². The molecule has 2 fully saturated rings. The van der Waals surface area contributed by atoms with Crippen LogP contribution >= 0.6 is 0 Å². The Kier molecular flexibility index (Phi) is 4.19. The highest BCUT2D eigenvalue weighted by Gasteiger charge is 2.34. The number of methoxy groups -OCH3 is 1. The lowest BCUT2D eigenvalue weighted by molar-refractivity contribution is -0.0549. The Morgan fingerprint density at radius 3 is 2.88 bits per heavy atom. The molecule has 4 unspecified atom stereocenters. The summed E-state index contributed by atoms with van der Waals surface area (Å²) in [6.07, 6.45) is 2.53. The van der Waals surface area contributed by atoms with Crippen molar-refractivity contribution in [2.45, 2.75) is 38.0 Å². The molecule has 0 aromatic rings. The molecular formula is C12H24N2O2. The van der Waals surface area contributed by atoms with Crippen LogP contribution in [0.25, 0.3) is 0 Å². The lowest BCUT2D eigenvalue weighted by atomic mass is 9.92. The molecule has 0 bridgehead atoms. The highest BCUT2D eigenvalue weighted by molar-refractivity contribution is 4.89.